The second-order valence-corrected chi connectivity index (χ2v) is 4.31. The van der Waals surface area contributed by atoms with Gasteiger partial charge in [-0.05, 0) is 17.7 Å². The number of aliphatic carboxylic acids is 1. The molecule has 2 atom stereocenters. The lowest BCUT2D eigenvalue weighted by atomic mass is 9.89. The van der Waals surface area contributed by atoms with Crippen LogP contribution in [0.15, 0.2) is 18.2 Å². The number of nitrogens with one attached hydrogen (secondary N) is 1. The molecule has 1 aromatic rings. The Bertz CT molecular complexity index is 424. The number of carbonyl (C=O) groups is 1. The Morgan fingerprint density at radius 2 is 2.25 bits per heavy atom. The van der Waals surface area contributed by atoms with Crippen LogP contribution in [-0.4, -0.2) is 24.2 Å². The number of rotatable bonds is 2. The van der Waals surface area contributed by atoms with E-state index in [0.717, 1.165) is 0 Å². The van der Waals surface area contributed by atoms with Gasteiger partial charge in [0.15, 0.2) is 0 Å². The van der Waals surface area contributed by atoms with Crippen LogP contribution >= 0.6 is 11.6 Å². The molecular weight excluding hydrogens is 233 g/mol. The molecule has 0 aliphatic carbocycles. The van der Waals surface area contributed by atoms with Gasteiger partial charge in [0.2, 0.25) is 0 Å². The van der Waals surface area contributed by atoms with Gasteiger partial charge in [-0.1, -0.05) is 17.7 Å². The van der Waals surface area contributed by atoms with E-state index >= 15 is 0 Å². The molecule has 16 heavy (non-hydrogen) atoms. The minimum Gasteiger partial charge on any atom is -0.481 e. The first-order valence-corrected chi connectivity index (χ1v) is 5.36. The highest BCUT2D eigenvalue weighted by Gasteiger charge is 2.35. The van der Waals surface area contributed by atoms with Gasteiger partial charge in [0.05, 0.1) is 5.92 Å². The maximum Gasteiger partial charge on any atom is 0.308 e. The molecule has 1 aliphatic rings. The lowest BCUT2D eigenvalue weighted by Gasteiger charge is -2.15. The topological polar surface area (TPSA) is 49.3 Å². The summed E-state index contributed by atoms with van der Waals surface area (Å²) in [7, 11) is 0. The molecule has 1 saturated heterocycles. The molecule has 0 bridgehead atoms. The maximum absolute atomic E-state index is 13.6. The van der Waals surface area contributed by atoms with Gasteiger partial charge in [-0.3, -0.25) is 4.79 Å². The summed E-state index contributed by atoms with van der Waals surface area (Å²) in [6.07, 6.45) is 0. The molecule has 0 saturated carbocycles. The molecule has 2 N–H and O–H groups in total. The summed E-state index contributed by atoms with van der Waals surface area (Å²) in [6.45, 7) is 0.859. The van der Waals surface area contributed by atoms with Crippen LogP contribution in [0.1, 0.15) is 11.5 Å². The Labute approximate surface area is 97.2 Å². The van der Waals surface area contributed by atoms with Gasteiger partial charge in [-0.2, -0.15) is 0 Å². The van der Waals surface area contributed by atoms with Crippen molar-refractivity contribution >= 4 is 17.6 Å². The molecule has 3 nitrogen and oxygen atoms in total. The van der Waals surface area contributed by atoms with Gasteiger partial charge < -0.3 is 10.4 Å². The molecule has 0 spiro atoms. The zero-order valence-corrected chi connectivity index (χ0v) is 9.17. The highest BCUT2D eigenvalue weighted by Crippen LogP contribution is 2.31. The van der Waals surface area contributed by atoms with E-state index in [0.29, 0.717) is 23.7 Å². The van der Waals surface area contributed by atoms with Crippen molar-refractivity contribution < 1.29 is 14.3 Å². The van der Waals surface area contributed by atoms with E-state index in [9.17, 15) is 9.18 Å². The molecule has 2 unspecified atom stereocenters. The van der Waals surface area contributed by atoms with Crippen molar-refractivity contribution in [3.05, 3.63) is 34.6 Å². The molecule has 2 rings (SSSR count). The third-order valence-corrected chi connectivity index (χ3v) is 3.13. The maximum atomic E-state index is 13.6. The second kappa shape index (κ2) is 4.39. The monoisotopic (exact) mass is 243 g/mol. The van der Waals surface area contributed by atoms with Crippen molar-refractivity contribution in [1.82, 2.24) is 5.32 Å². The molecule has 0 amide bonds. The average Bonchev–Trinajstić information content (AvgIpc) is 2.66. The van der Waals surface area contributed by atoms with E-state index in [4.69, 9.17) is 16.7 Å². The van der Waals surface area contributed by atoms with Gasteiger partial charge in [0, 0.05) is 24.0 Å². The van der Waals surface area contributed by atoms with Crippen LogP contribution in [0.25, 0.3) is 0 Å². The van der Waals surface area contributed by atoms with Crippen molar-refractivity contribution in [2.24, 2.45) is 5.92 Å². The smallest absolute Gasteiger partial charge is 0.308 e. The van der Waals surface area contributed by atoms with Crippen LogP contribution in [0, 0.1) is 11.7 Å². The largest absolute Gasteiger partial charge is 0.481 e. The second-order valence-electron chi connectivity index (χ2n) is 3.88. The molecule has 86 valence electrons. The molecule has 1 aliphatic heterocycles. The summed E-state index contributed by atoms with van der Waals surface area (Å²) in [5.41, 5.74) is 0.418. The first-order valence-electron chi connectivity index (χ1n) is 4.98. The predicted octanol–water partition coefficient (Wildman–Crippen LogP) is 1.87. The van der Waals surface area contributed by atoms with Gasteiger partial charge in [-0.15, -0.1) is 0 Å². The first kappa shape index (κ1) is 11.4. The van der Waals surface area contributed by atoms with Crippen molar-refractivity contribution in [3.63, 3.8) is 0 Å². The SMILES string of the molecule is O=C(O)C1CNCC1c1ccc(Cl)cc1F. The van der Waals surface area contributed by atoms with E-state index in [1.807, 2.05) is 0 Å². The number of hydrogen-bond acceptors (Lipinski definition) is 2. The Morgan fingerprint density at radius 3 is 2.88 bits per heavy atom. The zero-order valence-electron chi connectivity index (χ0n) is 8.41. The minimum atomic E-state index is -0.899. The Morgan fingerprint density at radius 1 is 1.50 bits per heavy atom. The fraction of sp³-hybridized carbons (Fsp3) is 0.364. The minimum absolute atomic E-state index is 0.319. The quantitative estimate of drug-likeness (QED) is 0.834. The van der Waals surface area contributed by atoms with Gasteiger partial charge in [0.1, 0.15) is 5.82 Å². The van der Waals surface area contributed by atoms with E-state index in [2.05, 4.69) is 5.32 Å². The zero-order chi connectivity index (χ0) is 11.7. The third kappa shape index (κ3) is 2.03. The lowest BCUT2D eigenvalue weighted by molar-refractivity contribution is -0.141. The van der Waals surface area contributed by atoms with E-state index in [1.54, 1.807) is 12.1 Å². The van der Waals surface area contributed by atoms with Crippen LogP contribution in [0.2, 0.25) is 5.02 Å². The number of carboxylic acid groups (broad SMARTS) is 1. The summed E-state index contributed by atoms with van der Waals surface area (Å²) in [4.78, 5) is 11.0. The summed E-state index contributed by atoms with van der Waals surface area (Å²) >= 11 is 5.65. The fourth-order valence-electron chi connectivity index (χ4n) is 2.07. The van der Waals surface area contributed by atoms with Crippen LogP contribution in [0.3, 0.4) is 0 Å². The summed E-state index contributed by atoms with van der Waals surface area (Å²) in [5, 5.41) is 12.3. The average molecular weight is 244 g/mol. The van der Waals surface area contributed by atoms with Crippen molar-refractivity contribution in [1.29, 1.82) is 0 Å². The van der Waals surface area contributed by atoms with Crippen molar-refractivity contribution in [2.45, 2.75) is 5.92 Å². The molecular formula is C11H11ClFNO2. The molecule has 1 fully saturated rings. The predicted molar refractivity (Wildman–Crippen MR) is 58.1 cm³/mol. The lowest BCUT2D eigenvalue weighted by Crippen LogP contribution is -2.21. The number of halogens is 2. The van der Waals surface area contributed by atoms with Gasteiger partial charge >= 0.3 is 5.97 Å². The Hall–Kier alpha value is -1.13. The first-order chi connectivity index (χ1) is 7.59. The van der Waals surface area contributed by atoms with E-state index in [1.165, 1.54) is 6.07 Å². The van der Waals surface area contributed by atoms with Gasteiger partial charge in [-0.25, -0.2) is 4.39 Å². The molecule has 0 aromatic heterocycles. The number of benzene rings is 1. The van der Waals surface area contributed by atoms with E-state index in [-0.39, 0.29) is 5.92 Å². The number of carboxylic acids is 1. The van der Waals surface area contributed by atoms with Crippen LogP contribution in [0.5, 0.6) is 0 Å². The summed E-state index contributed by atoms with van der Waals surface area (Å²) in [5.74, 6) is -2.23. The van der Waals surface area contributed by atoms with Crippen LogP contribution in [-0.2, 0) is 4.79 Å². The van der Waals surface area contributed by atoms with Crippen molar-refractivity contribution in [2.75, 3.05) is 13.1 Å². The van der Waals surface area contributed by atoms with Gasteiger partial charge in [0.25, 0.3) is 0 Å². The molecule has 5 heteroatoms. The number of hydrogen-bond donors (Lipinski definition) is 2. The Kier molecular flexibility index (Phi) is 3.12. The van der Waals surface area contributed by atoms with Crippen LogP contribution < -0.4 is 5.32 Å². The van der Waals surface area contributed by atoms with Crippen molar-refractivity contribution in [3.8, 4) is 0 Å². The van der Waals surface area contributed by atoms with Crippen LogP contribution in [0.4, 0.5) is 4.39 Å². The summed E-state index contributed by atoms with van der Waals surface area (Å²) < 4.78 is 13.6. The normalized spacial score (nSPS) is 24.6. The molecule has 0 radical (unpaired) electrons. The molecule has 1 aromatic carbocycles. The summed E-state index contributed by atoms with van der Waals surface area (Å²) in [6, 6.07) is 4.36. The van der Waals surface area contributed by atoms with E-state index < -0.39 is 17.7 Å². The Balaban J connectivity index is 2.32. The third-order valence-electron chi connectivity index (χ3n) is 2.89. The highest BCUT2D eigenvalue weighted by atomic mass is 35.5. The fourth-order valence-corrected chi connectivity index (χ4v) is 2.23. The molecule has 1 heterocycles. The highest BCUT2D eigenvalue weighted by molar-refractivity contribution is 6.30. The standard InChI is InChI=1S/C11H11ClFNO2/c12-6-1-2-7(10(13)3-6)8-4-14-5-9(8)11(15)16/h1-3,8-9,14H,4-5H2,(H,15,16).